The number of likely N-dealkylation sites (tertiary alicyclic amines) is 1. The number of hydrogen-bond donors (Lipinski definition) is 0. The van der Waals surface area contributed by atoms with Crippen LogP contribution < -0.4 is 0 Å². The molecule has 1 aromatic rings. The lowest BCUT2D eigenvalue weighted by Crippen LogP contribution is -2.52. The van der Waals surface area contributed by atoms with E-state index in [9.17, 15) is 8.42 Å². The van der Waals surface area contributed by atoms with E-state index in [1.165, 1.54) is 25.9 Å². The Kier molecular flexibility index (Phi) is 5.53. The van der Waals surface area contributed by atoms with Gasteiger partial charge in [0.1, 0.15) is 0 Å². The lowest BCUT2D eigenvalue weighted by atomic mass is 9.63. The zero-order valence-corrected chi connectivity index (χ0v) is 17.4. The minimum absolute atomic E-state index is 0.242. The van der Waals surface area contributed by atoms with Gasteiger partial charge < -0.3 is 4.90 Å². The number of piperidine rings is 1. The van der Waals surface area contributed by atoms with Crippen molar-refractivity contribution in [1.29, 1.82) is 0 Å². The molecule has 0 amide bonds. The van der Waals surface area contributed by atoms with Gasteiger partial charge in [0.2, 0.25) is 0 Å². The average Bonchev–Trinajstić information content (AvgIpc) is 2.71. The third kappa shape index (κ3) is 3.85. The Balaban J connectivity index is 1.42. The van der Waals surface area contributed by atoms with Crippen LogP contribution in [0.4, 0.5) is 0 Å². The van der Waals surface area contributed by atoms with E-state index in [-0.39, 0.29) is 11.5 Å². The van der Waals surface area contributed by atoms with Crippen molar-refractivity contribution in [1.82, 2.24) is 4.90 Å². The normalized spacial score (nSPS) is 28.4. The summed E-state index contributed by atoms with van der Waals surface area (Å²) < 4.78 is 29.6. The molecule has 0 aromatic heterocycles. The first-order chi connectivity index (χ1) is 12.1. The van der Waals surface area contributed by atoms with Crippen molar-refractivity contribution in [2.75, 3.05) is 26.2 Å². The van der Waals surface area contributed by atoms with Crippen LogP contribution in [0.15, 0.2) is 29.2 Å². The van der Waals surface area contributed by atoms with Gasteiger partial charge in [-0.15, -0.1) is 0 Å². The quantitative estimate of drug-likeness (QED) is 0.525. The molecule has 1 saturated heterocycles. The number of benzene rings is 1. The van der Waals surface area contributed by atoms with Gasteiger partial charge in [0.25, 0.3) is 10.1 Å². The molecule has 1 aromatic carbocycles. The summed E-state index contributed by atoms with van der Waals surface area (Å²) >= 11 is 0. The number of rotatable bonds is 7. The highest BCUT2D eigenvalue weighted by atomic mass is 32.2. The van der Waals surface area contributed by atoms with Gasteiger partial charge in [-0.2, -0.15) is 8.42 Å². The summed E-state index contributed by atoms with van der Waals surface area (Å²) in [5.41, 5.74) is 1.90. The molecule has 2 unspecified atom stereocenters. The van der Waals surface area contributed by atoms with Crippen LogP contribution >= 0.6 is 0 Å². The zero-order chi connectivity index (χ0) is 19.0. The third-order valence-electron chi connectivity index (χ3n) is 7.09. The Morgan fingerprint density at radius 2 is 1.85 bits per heavy atom. The van der Waals surface area contributed by atoms with E-state index in [2.05, 4.69) is 25.7 Å². The molecule has 0 N–H and O–H groups in total. The highest BCUT2D eigenvalue weighted by Gasteiger charge is 2.55. The Hall–Kier alpha value is -0.910. The smallest absolute Gasteiger partial charge is 0.296 e. The van der Waals surface area contributed by atoms with Gasteiger partial charge in [-0.25, -0.2) is 0 Å². The van der Waals surface area contributed by atoms with Gasteiger partial charge in [-0.1, -0.05) is 38.5 Å². The summed E-state index contributed by atoms with van der Waals surface area (Å²) in [6.07, 6.45) is 4.43. The van der Waals surface area contributed by atoms with Gasteiger partial charge in [0.15, 0.2) is 0 Å². The van der Waals surface area contributed by atoms with Crippen LogP contribution in [-0.4, -0.2) is 39.6 Å². The van der Waals surface area contributed by atoms with Crippen molar-refractivity contribution in [3.8, 4) is 0 Å². The van der Waals surface area contributed by atoms with E-state index in [1.54, 1.807) is 24.3 Å². The molecule has 4 nitrogen and oxygen atoms in total. The van der Waals surface area contributed by atoms with Crippen molar-refractivity contribution in [3.63, 3.8) is 0 Å². The molecule has 2 aliphatic rings. The Labute approximate surface area is 159 Å². The second-order valence-corrected chi connectivity index (χ2v) is 10.7. The minimum Gasteiger partial charge on any atom is -0.302 e. The van der Waals surface area contributed by atoms with E-state index in [1.807, 2.05) is 6.92 Å². The molecule has 1 saturated carbocycles. The molecule has 5 heteroatoms. The predicted octanol–water partition coefficient (Wildman–Crippen LogP) is 4.24. The molecule has 2 bridgehead atoms. The first-order valence-corrected chi connectivity index (χ1v) is 11.2. The first-order valence-electron chi connectivity index (χ1n) is 9.83. The fourth-order valence-electron chi connectivity index (χ4n) is 4.69. The van der Waals surface area contributed by atoms with Gasteiger partial charge in [0, 0.05) is 13.1 Å². The average molecular weight is 380 g/mol. The summed E-state index contributed by atoms with van der Waals surface area (Å²) in [5.74, 6) is 0.791. The molecule has 146 valence electrons. The SMILES string of the molecule is Cc1ccc(S(=O)(=O)OCCCCN2CC3CCC(C)(C2)C3(C)C)cc1. The molecular weight excluding hydrogens is 346 g/mol. The summed E-state index contributed by atoms with van der Waals surface area (Å²) in [5, 5.41) is 0. The lowest BCUT2D eigenvalue weighted by Gasteiger charge is -2.50. The van der Waals surface area contributed by atoms with Gasteiger partial charge in [0.05, 0.1) is 11.5 Å². The molecule has 0 spiro atoms. The van der Waals surface area contributed by atoms with E-state index >= 15 is 0 Å². The van der Waals surface area contributed by atoms with Crippen LogP contribution in [0.2, 0.25) is 0 Å². The number of fused-ring (bicyclic) bond motifs is 2. The highest BCUT2D eigenvalue weighted by Crippen LogP contribution is 2.58. The summed E-state index contributed by atoms with van der Waals surface area (Å²) in [7, 11) is -3.63. The molecule has 26 heavy (non-hydrogen) atoms. The number of aryl methyl sites for hydroxylation is 1. The Morgan fingerprint density at radius 3 is 2.50 bits per heavy atom. The highest BCUT2D eigenvalue weighted by molar-refractivity contribution is 7.86. The maximum atomic E-state index is 12.2. The molecule has 1 aliphatic heterocycles. The predicted molar refractivity (Wildman–Crippen MR) is 105 cm³/mol. The number of hydrogen-bond acceptors (Lipinski definition) is 4. The molecule has 1 heterocycles. The van der Waals surface area contributed by atoms with Crippen LogP contribution in [0.25, 0.3) is 0 Å². The molecular formula is C21H33NO3S. The molecule has 1 aliphatic carbocycles. The molecule has 2 atom stereocenters. The maximum Gasteiger partial charge on any atom is 0.296 e. The molecule has 0 radical (unpaired) electrons. The van der Waals surface area contributed by atoms with Crippen molar-refractivity contribution >= 4 is 10.1 Å². The number of unbranched alkanes of at least 4 members (excludes halogenated alkanes) is 1. The second-order valence-electron chi connectivity index (χ2n) is 9.05. The minimum atomic E-state index is -3.63. The van der Waals surface area contributed by atoms with Crippen molar-refractivity contribution in [2.45, 2.75) is 58.3 Å². The van der Waals surface area contributed by atoms with Crippen molar-refractivity contribution in [3.05, 3.63) is 29.8 Å². The summed E-state index contributed by atoms with van der Waals surface area (Å²) in [4.78, 5) is 2.82. The Bertz CT molecular complexity index is 726. The zero-order valence-electron chi connectivity index (χ0n) is 16.6. The summed E-state index contributed by atoms with van der Waals surface area (Å²) in [6.45, 7) is 12.9. The standard InChI is InChI=1S/C21H33NO3S/c1-17-7-9-19(10-8-17)26(23,24)25-14-6-5-13-22-15-18-11-12-21(4,16-22)20(18,2)3/h7-10,18H,5-6,11-16H2,1-4H3. The summed E-state index contributed by atoms with van der Waals surface area (Å²) in [6, 6.07) is 6.80. The van der Waals surface area contributed by atoms with Crippen molar-refractivity contribution in [2.24, 2.45) is 16.7 Å². The molecule has 2 fully saturated rings. The fourth-order valence-corrected chi connectivity index (χ4v) is 5.63. The van der Waals surface area contributed by atoms with Crippen LogP contribution in [0.5, 0.6) is 0 Å². The van der Waals surface area contributed by atoms with Crippen LogP contribution in [-0.2, 0) is 14.3 Å². The van der Waals surface area contributed by atoms with Crippen molar-refractivity contribution < 1.29 is 12.6 Å². The largest absolute Gasteiger partial charge is 0.302 e. The Morgan fingerprint density at radius 1 is 1.15 bits per heavy atom. The fraction of sp³-hybridized carbons (Fsp3) is 0.714. The van der Waals surface area contributed by atoms with Crippen LogP contribution in [0.1, 0.15) is 52.0 Å². The second kappa shape index (κ2) is 7.25. The van der Waals surface area contributed by atoms with E-state index in [0.29, 0.717) is 10.8 Å². The van der Waals surface area contributed by atoms with E-state index < -0.39 is 10.1 Å². The van der Waals surface area contributed by atoms with E-state index in [0.717, 1.165) is 30.9 Å². The monoisotopic (exact) mass is 379 g/mol. The van der Waals surface area contributed by atoms with Crippen LogP contribution in [0.3, 0.4) is 0 Å². The van der Waals surface area contributed by atoms with Gasteiger partial charge in [-0.3, -0.25) is 4.18 Å². The van der Waals surface area contributed by atoms with Gasteiger partial charge in [-0.05, 0) is 68.0 Å². The number of nitrogens with zero attached hydrogens (tertiary/aromatic N) is 1. The molecule has 3 rings (SSSR count). The topological polar surface area (TPSA) is 46.6 Å². The van der Waals surface area contributed by atoms with E-state index in [4.69, 9.17) is 4.18 Å². The van der Waals surface area contributed by atoms with Gasteiger partial charge >= 0.3 is 0 Å². The maximum absolute atomic E-state index is 12.2. The van der Waals surface area contributed by atoms with Crippen LogP contribution in [0, 0.1) is 23.7 Å². The lowest BCUT2D eigenvalue weighted by molar-refractivity contribution is -0.0181. The third-order valence-corrected chi connectivity index (χ3v) is 8.42. The first kappa shape index (κ1) is 19.8.